The standard InChI is InChI=1S/C7H13N3O/c1-6(11)5-10-3-2-7(4-8)9-10/h2-3,6,11H,4-5,8H2,1H3/t6-/m1/s1. The van der Waals surface area contributed by atoms with Gasteiger partial charge in [-0.2, -0.15) is 5.10 Å². The number of nitrogens with zero attached hydrogens (tertiary/aromatic N) is 2. The number of rotatable bonds is 3. The number of aliphatic hydroxyl groups is 1. The fourth-order valence-corrected chi connectivity index (χ4v) is 0.885. The normalized spacial score (nSPS) is 13.4. The van der Waals surface area contributed by atoms with Crippen LogP contribution in [-0.2, 0) is 13.1 Å². The van der Waals surface area contributed by atoms with Crippen molar-refractivity contribution in [3.63, 3.8) is 0 Å². The summed E-state index contributed by atoms with van der Waals surface area (Å²) in [6.45, 7) is 2.70. The number of aromatic nitrogens is 2. The third kappa shape index (κ3) is 2.32. The van der Waals surface area contributed by atoms with Gasteiger partial charge in [0.05, 0.1) is 18.3 Å². The van der Waals surface area contributed by atoms with Crippen LogP contribution in [0.2, 0.25) is 0 Å². The summed E-state index contributed by atoms with van der Waals surface area (Å²) in [7, 11) is 0. The summed E-state index contributed by atoms with van der Waals surface area (Å²) < 4.78 is 1.69. The first-order valence-corrected chi connectivity index (χ1v) is 3.63. The Kier molecular flexibility index (Phi) is 2.62. The zero-order valence-corrected chi connectivity index (χ0v) is 6.57. The molecule has 0 saturated carbocycles. The number of aliphatic hydroxyl groups excluding tert-OH is 1. The van der Waals surface area contributed by atoms with Gasteiger partial charge in [-0.1, -0.05) is 0 Å². The fourth-order valence-electron chi connectivity index (χ4n) is 0.885. The lowest BCUT2D eigenvalue weighted by molar-refractivity contribution is 0.168. The molecule has 0 spiro atoms. The van der Waals surface area contributed by atoms with Crippen molar-refractivity contribution in [2.75, 3.05) is 0 Å². The molecule has 0 aliphatic heterocycles. The van der Waals surface area contributed by atoms with Gasteiger partial charge in [0, 0.05) is 12.7 Å². The summed E-state index contributed by atoms with van der Waals surface area (Å²) >= 11 is 0. The van der Waals surface area contributed by atoms with Gasteiger partial charge in [0.15, 0.2) is 0 Å². The van der Waals surface area contributed by atoms with E-state index in [9.17, 15) is 0 Å². The Hall–Kier alpha value is -0.870. The van der Waals surface area contributed by atoms with E-state index in [1.165, 1.54) is 0 Å². The maximum absolute atomic E-state index is 9.00. The lowest BCUT2D eigenvalue weighted by atomic mass is 10.4. The molecule has 4 nitrogen and oxygen atoms in total. The van der Waals surface area contributed by atoms with Crippen molar-refractivity contribution in [2.45, 2.75) is 26.1 Å². The number of hydrogen-bond donors (Lipinski definition) is 2. The van der Waals surface area contributed by atoms with Gasteiger partial charge < -0.3 is 10.8 Å². The smallest absolute Gasteiger partial charge is 0.0760 e. The van der Waals surface area contributed by atoms with Crippen molar-refractivity contribution in [1.29, 1.82) is 0 Å². The molecule has 1 heterocycles. The average molecular weight is 155 g/mol. The molecule has 0 saturated heterocycles. The Balaban J connectivity index is 2.58. The predicted molar refractivity (Wildman–Crippen MR) is 41.8 cm³/mol. The second-order valence-electron chi connectivity index (χ2n) is 2.58. The second-order valence-corrected chi connectivity index (χ2v) is 2.58. The molecular weight excluding hydrogens is 142 g/mol. The van der Waals surface area contributed by atoms with Crippen LogP contribution in [0.15, 0.2) is 12.3 Å². The third-order valence-electron chi connectivity index (χ3n) is 1.36. The maximum atomic E-state index is 9.00. The van der Waals surface area contributed by atoms with Crippen molar-refractivity contribution in [2.24, 2.45) is 5.73 Å². The van der Waals surface area contributed by atoms with Crippen LogP contribution < -0.4 is 5.73 Å². The predicted octanol–water partition coefficient (Wildman–Crippen LogP) is -0.277. The van der Waals surface area contributed by atoms with E-state index in [-0.39, 0.29) is 6.10 Å². The van der Waals surface area contributed by atoms with Gasteiger partial charge in [0.1, 0.15) is 0 Å². The molecule has 1 rings (SSSR count). The first-order chi connectivity index (χ1) is 5.22. The van der Waals surface area contributed by atoms with Gasteiger partial charge in [0.25, 0.3) is 0 Å². The summed E-state index contributed by atoms with van der Waals surface area (Å²) in [4.78, 5) is 0. The minimum Gasteiger partial charge on any atom is -0.391 e. The van der Waals surface area contributed by atoms with E-state index < -0.39 is 0 Å². The molecule has 0 radical (unpaired) electrons. The molecule has 0 amide bonds. The molecule has 0 fully saturated rings. The number of hydrogen-bond acceptors (Lipinski definition) is 3. The van der Waals surface area contributed by atoms with Gasteiger partial charge in [-0.3, -0.25) is 4.68 Å². The molecule has 1 atom stereocenters. The van der Waals surface area contributed by atoms with Crippen molar-refractivity contribution >= 4 is 0 Å². The maximum Gasteiger partial charge on any atom is 0.0760 e. The highest BCUT2D eigenvalue weighted by molar-refractivity contribution is 4.97. The highest BCUT2D eigenvalue weighted by Gasteiger charge is 1.99. The second kappa shape index (κ2) is 3.50. The number of nitrogens with two attached hydrogens (primary N) is 1. The summed E-state index contributed by atoms with van der Waals surface area (Å²) in [5.41, 5.74) is 6.21. The Labute approximate surface area is 65.6 Å². The zero-order valence-electron chi connectivity index (χ0n) is 6.57. The molecule has 0 aromatic carbocycles. The van der Waals surface area contributed by atoms with Crippen LogP contribution in [0.4, 0.5) is 0 Å². The molecular formula is C7H13N3O. The quantitative estimate of drug-likeness (QED) is 0.631. The van der Waals surface area contributed by atoms with E-state index in [0.717, 1.165) is 5.69 Å². The van der Waals surface area contributed by atoms with E-state index in [4.69, 9.17) is 10.8 Å². The topological polar surface area (TPSA) is 64.1 Å². The van der Waals surface area contributed by atoms with Gasteiger partial charge in [-0.05, 0) is 13.0 Å². The van der Waals surface area contributed by atoms with Crippen LogP contribution in [0, 0.1) is 0 Å². The van der Waals surface area contributed by atoms with E-state index in [0.29, 0.717) is 13.1 Å². The van der Waals surface area contributed by atoms with Crippen molar-refractivity contribution in [3.05, 3.63) is 18.0 Å². The van der Waals surface area contributed by atoms with Crippen LogP contribution in [0.1, 0.15) is 12.6 Å². The van der Waals surface area contributed by atoms with Crippen LogP contribution in [0.5, 0.6) is 0 Å². The molecule has 1 aromatic heterocycles. The minimum absolute atomic E-state index is 0.361. The lowest BCUT2D eigenvalue weighted by Gasteiger charge is -2.02. The van der Waals surface area contributed by atoms with Crippen LogP contribution in [0.25, 0.3) is 0 Å². The molecule has 3 N–H and O–H groups in total. The molecule has 0 bridgehead atoms. The van der Waals surface area contributed by atoms with Crippen molar-refractivity contribution in [3.8, 4) is 0 Å². The van der Waals surface area contributed by atoms with Crippen molar-refractivity contribution in [1.82, 2.24) is 9.78 Å². The van der Waals surface area contributed by atoms with E-state index in [2.05, 4.69) is 5.10 Å². The Morgan fingerprint density at radius 3 is 3.00 bits per heavy atom. The zero-order chi connectivity index (χ0) is 8.27. The third-order valence-corrected chi connectivity index (χ3v) is 1.36. The molecule has 0 aliphatic rings. The molecule has 0 unspecified atom stereocenters. The highest BCUT2D eigenvalue weighted by Crippen LogP contribution is 1.95. The molecule has 1 aromatic rings. The van der Waals surface area contributed by atoms with Gasteiger partial charge in [0.2, 0.25) is 0 Å². The monoisotopic (exact) mass is 155 g/mol. The van der Waals surface area contributed by atoms with Gasteiger partial charge >= 0.3 is 0 Å². The highest BCUT2D eigenvalue weighted by atomic mass is 16.3. The summed E-state index contributed by atoms with van der Waals surface area (Å²) in [6.07, 6.45) is 1.45. The van der Waals surface area contributed by atoms with Crippen LogP contribution in [-0.4, -0.2) is 21.0 Å². The van der Waals surface area contributed by atoms with Gasteiger partial charge in [-0.15, -0.1) is 0 Å². The summed E-state index contributed by atoms with van der Waals surface area (Å²) in [5, 5.41) is 13.1. The lowest BCUT2D eigenvalue weighted by Crippen LogP contribution is -2.12. The SMILES string of the molecule is C[C@@H](O)Cn1ccc(CN)n1. The molecule has 11 heavy (non-hydrogen) atoms. The summed E-state index contributed by atoms with van der Waals surface area (Å²) in [5.74, 6) is 0. The Morgan fingerprint density at radius 1 is 1.82 bits per heavy atom. The van der Waals surface area contributed by atoms with E-state index in [1.54, 1.807) is 11.6 Å². The summed E-state index contributed by atoms with van der Waals surface area (Å²) in [6, 6.07) is 1.85. The van der Waals surface area contributed by atoms with Crippen LogP contribution >= 0.6 is 0 Å². The average Bonchev–Trinajstić information content (AvgIpc) is 2.34. The molecule has 0 aliphatic carbocycles. The first kappa shape index (κ1) is 8.23. The van der Waals surface area contributed by atoms with Crippen molar-refractivity contribution < 1.29 is 5.11 Å². The Bertz CT molecular complexity index is 219. The minimum atomic E-state index is -0.361. The van der Waals surface area contributed by atoms with Gasteiger partial charge in [-0.25, -0.2) is 0 Å². The largest absolute Gasteiger partial charge is 0.391 e. The van der Waals surface area contributed by atoms with E-state index in [1.807, 2.05) is 12.3 Å². The first-order valence-electron chi connectivity index (χ1n) is 3.63. The fraction of sp³-hybridized carbons (Fsp3) is 0.571. The van der Waals surface area contributed by atoms with E-state index >= 15 is 0 Å². The Morgan fingerprint density at radius 2 is 2.55 bits per heavy atom. The van der Waals surface area contributed by atoms with Crippen LogP contribution in [0.3, 0.4) is 0 Å². The molecule has 62 valence electrons. The molecule has 4 heteroatoms.